The summed E-state index contributed by atoms with van der Waals surface area (Å²) in [6.07, 6.45) is 7.67. The molecule has 0 saturated heterocycles. The average molecular weight is 295 g/mol. The summed E-state index contributed by atoms with van der Waals surface area (Å²) in [4.78, 5) is 9.47. The molecular weight excluding hydrogens is 272 g/mol. The molecule has 0 radical (unpaired) electrons. The molecule has 2 unspecified atom stereocenters. The lowest BCUT2D eigenvalue weighted by atomic mass is 9.78. The van der Waals surface area contributed by atoms with Crippen LogP contribution in [0.1, 0.15) is 63.0 Å². The summed E-state index contributed by atoms with van der Waals surface area (Å²) in [5.74, 6) is 1.49. The van der Waals surface area contributed by atoms with Crippen LogP contribution in [0.15, 0.2) is 0 Å². The van der Waals surface area contributed by atoms with Crippen LogP contribution in [0.4, 0.5) is 0 Å². The first-order valence-corrected chi connectivity index (χ1v) is 8.22. The van der Waals surface area contributed by atoms with Crippen molar-refractivity contribution in [2.24, 2.45) is 5.92 Å². The number of rotatable bonds is 3. The van der Waals surface area contributed by atoms with E-state index in [9.17, 15) is 0 Å². The molecule has 0 aromatic carbocycles. The van der Waals surface area contributed by atoms with E-state index >= 15 is 0 Å². The molecule has 3 rings (SSSR count). The van der Waals surface area contributed by atoms with Crippen molar-refractivity contribution in [3.05, 3.63) is 22.2 Å². The number of aryl methyl sites for hydroxylation is 1. The highest BCUT2D eigenvalue weighted by atomic mass is 35.5. The Morgan fingerprint density at radius 1 is 1.30 bits per heavy atom. The predicted molar refractivity (Wildman–Crippen MR) is 80.0 cm³/mol. The normalized spacial score (nSPS) is 29.4. The highest BCUT2D eigenvalue weighted by Crippen LogP contribution is 2.42. The molecule has 0 N–H and O–H groups in total. The van der Waals surface area contributed by atoms with E-state index < -0.39 is 0 Å². The van der Waals surface area contributed by atoms with E-state index in [2.05, 4.69) is 18.8 Å². The van der Waals surface area contributed by atoms with E-state index in [4.69, 9.17) is 21.3 Å². The summed E-state index contributed by atoms with van der Waals surface area (Å²) >= 11 is 6.39. The molecule has 2 aliphatic rings. The van der Waals surface area contributed by atoms with Crippen LogP contribution in [0.3, 0.4) is 0 Å². The number of fused-ring (bicyclic) bond motifs is 1. The van der Waals surface area contributed by atoms with E-state index in [0.717, 1.165) is 49.2 Å². The van der Waals surface area contributed by atoms with Crippen LogP contribution in [0.25, 0.3) is 0 Å². The zero-order chi connectivity index (χ0) is 14.2. The Bertz CT molecular complexity index is 501. The summed E-state index contributed by atoms with van der Waals surface area (Å²) in [7, 11) is 0. The molecule has 1 aromatic rings. The van der Waals surface area contributed by atoms with Crippen LogP contribution in [0.5, 0.6) is 0 Å². The molecule has 3 nitrogen and oxygen atoms in total. The van der Waals surface area contributed by atoms with Crippen molar-refractivity contribution in [3.8, 4) is 0 Å². The standard InChI is InChI=1S/C16H23ClN2O/c1-3-20-16(9-5-6-11(2)10-16)15-18-13-8-4-7-12(13)14(17)19-15/h11H,3-10H2,1-2H3. The van der Waals surface area contributed by atoms with Gasteiger partial charge in [0.25, 0.3) is 0 Å². The summed E-state index contributed by atoms with van der Waals surface area (Å²) in [6.45, 7) is 5.04. The number of hydrogen-bond acceptors (Lipinski definition) is 3. The third-order valence-corrected chi connectivity index (χ3v) is 4.98. The first kappa shape index (κ1) is 14.3. The fourth-order valence-corrected chi connectivity index (χ4v) is 4.05. The first-order valence-electron chi connectivity index (χ1n) is 7.84. The molecule has 20 heavy (non-hydrogen) atoms. The highest BCUT2D eigenvalue weighted by molar-refractivity contribution is 6.30. The van der Waals surface area contributed by atoms with Crippen LogP contribution in [-0.2, 0) is 23.2 Å². The van der Waals surface area contributed by atoms with Gasteiger partial charge in [0.1, 0.15) is 10.8 Å². The van der Waals surface area contributed by atoms with Crippen LogP contribution in [0.2, 0.25) is 5.15 Å². The van der Waals surface area contributed by atoms with Gasteiger partial charge in [-0.15, -0.1) is 0 Å². The van der Waals surface area contributed by atoms with Gasteiger partial charge < -0.3 is 4.74 Å². The van der Waals surface area contributed by atoms with Crippen molar-refractivity contribution < 1.29 is 4.74 Å². The number of ether oxygens (including phenoxy) is 1. The Kier molecular flexibility index (Phi) is 4.00. The Morgan fingerprint density at radius 3 is 2.90 bits per heavy atom. The van der Waals surface area contributed by atoms with Gasteiger partial charge in [0.05, 0.1) is 0 Å². The number of aromatic nitrogens is 2. The number of nitrogens with zero attached hydrogens (tertiary/aromatic N) is 2. The Morgan fingerprint density at radius 2 is 2.15 bits per heavy atom. The van der Waals surface area contributed by atoms with Gasteiger partial charge >= 0.3 is 0 Å². The van der Waals surface area contributed by atoms with Crippen molar-refractivity contribution in [2.75, 3.05) is 6.61 Å². The van der Waals surface area contributed by atoms with Gasteiger partial charge in [-0.3, -0.25) is 0 Å². The fourth-order valence-electron chi connectivity index (χ4n) is 3.77. The SMILES string of the molecule is CCOC1(c2nc(Cl)c3c(n2)CCC3)CCCC(C)C1. The van der Waals surface area contributed by atoms with E-state index in [-0.39, 0.29) is 5.60 Å². The second-order valence-electron chi connectivity index (χ2n) is 6.25. The smallest absolute Gasteiger partial charge is 0.162 e. The maximum absolute atomic E-state index is 6.39. The van der Waals surface area contributed by atoms with Crippen molar-refractivity contribution in [3.63, 3.8) is 0 Å². The minimum Gasteiger partial charge on any atom is -0.367 e. The van der Waals surface area contributed by atoms with Crippen molar-refractivity contribution in [1.82, 2.24) is 9.97 Å². The highest BCUT2D eigenvalue weighted by Gasteiger charge is 2.41. The van der Waals surface area contributed by atoms with Gasteiger partial charge in [-0.2, -0.15) is 0 Å². The molecule has 1 aromatic heterocycles. The second kappa shape index (κ2) is 5.61. The summed E-state index contributed by atoms with van der Waals surface area (Å²) < 4.78 is 6.16. The van der Waals surface area contributed by atoms with E-state index in [1.54, 1.807) is 0 Å². The quantitative estimate of drug-likeness (QED) is 0.789. The van der Waals surface area contributed by atoms with Crippen molar-refractivity contribution in [1.29, 1.82) is 0 Å². The van der Waals surface area contributed by atoms with Gasteiger partial charge in [0.2, 0.25) is 0 Å². The molecule has 0 bridgehead atoms. The molecule has 0 amide bonds. The molecule has 110 valence electrons. The number of hydrogen-bond donors (Lipinski definition) is 0. The summed E-state index contributed by atoms with van der Waals surface area (Å²) in [5, 5.41) is 0.653. The van der Waals surface area contributed by atoms with E-state index in [1.165, 1.54) is 12.8 Å². The minimum atomic E-state index is -0.312. The van der Waals surface area contributed by atoms with E-state index in [0.29, 0.717) is 17.7 Å². The van der Waals surface area contributed by atoms with Crippen LogP contribution < -0.4 is 0 Å². The van der Waals surface area contributed by atoms with E-state index in [1.807, 2.05) is 0 Å². The summed E-state index contributed by atoms with van der Waals surface area (Å²) in [6, 6.07) is 0. The lowest BCUT2D eigenvalue weighted by molar-refractivity contribution is -0.0882. The van der Waals surface area contributed by atoms with Gasteiger partial charge in [0, 0.05) is 17.9 Å². The van der Waals surface area contributed by atoms with Crippen molar-refractivity contribution >= 4 is 11.6 Å². The van der Waals surface area contributed by atoms with Crippen LogP contribution >= 0.6 is 11.6 Å². The van der Waals surface area contributed by atoms with Gasteiger partial charge in [0.15, 0.2) is 5.82 Å². The molecule has 1 heterocycles. The predicted octanol–water partition coefficient (Wildman–Crippen LogP) is 4.06. The molecule has 0 spiro atoms. The third kappa shape index (κ3) is 2.46. The molecular formula is C16H23ClN2O. The van der Waals surface area contributed by atoms with Crippen molar-refractivity contribution in [2.45, 2.75) is 64.4 Å². The topological polar surface area (TPSA) is 35.0 Å². The Hall–Kier alpha value is -0.670. The fraction of sp³-hybridized carbons (Fsp3) is 0.750. The molecule has 0 aliphatic heterocycles. The molecule has 2 atom stereocenters. The maximum atomic E-state index is 6.39. The minimum absolute atomic E-state index is 0.312. The van der Waals surface area contributed by atoms with Gasteiger partial charge in [-0.1, -0.05) is 24.9 Å². The second-order valence-corrected chi connectivity index (χ2v) is 6.60. The molecule has 4 heteroatoms. The zero-order valence-corrected chi connectivity index (χ0v) is 13.2. The molecule has 1 saturated carbocycles. The third-order valence-electron chi connectivity index (χ3n) is 4.67. The van der Waals surface area contributed by atoms with Crippen LogP contribution in [0, 0.1) is 5.92 Å². The monoisotopic (exact) mass is 294 g/mol. The summed E-state index contributed by atoms with van der Waals surface area (Å²) in [5.41, 5.74) is 2.00. The maximum Gasteiger partial charge on any atom is 0.162 e. The zero-order valence-electron chi connectivity index (χ0n) is 12.4. The average Bonchev–Trinajstić information content (AvgIpc) is 2.88. The number of halogens is 1. The molecule has 2 aliphatic carbocycles. The Balaban J connectivity index is 2.01. The molecule has 1 fully saturated rings. The lowest BCUT2D eigenvalue weighted by Gasteiger charge is -2.38. The Labute approximate surface area is 126 Å². The van der Waals surface area contributed by atoms with Crippen LogP contribution in [-0.4, -0.2) is 16.6 Å². The largest absolute Gasteiger partial charge is 0.367 e. The van der Waals surface area contributed by atoms with Gasteiger partial charge in [-0.25, -0.2) is 9.97 Å². The van der Waals surface area contributed by atoms with Gasteiger partial charge in [-0.05, 0) is 51.4 Å². The first-order chi connectivity index (χ1) is 9.64. The lowest BCUT2D eigenvalue weighted by Crippen LogP contribution is -2.37.